The van der Waals surface area contributed by atoms with Crippen LogP contribution in [-0.4, -0.2) is 17.7 Å². The summed E-state index contributed by atoms with van der Waals surface area (Å²) in [6, 6.07) is 16.2. The Labute approximate surface area is 134 Å². The molecule has 114 valence electrons. The van der Waals surface area contributed by atoms with Crippen LogP contribution in [-0.2, 0) is 4.79 Å². The molecule has 0 aliphatic carbocycles. The molecule has 1 aliphatic rings. The van der Waals surface area contributed by atoms with E-state index in [0.29, 0.717) is 6.54 Å². The monoisotopic (exact) mass is 315 g/mol. The highest BCUT2D eigenvalue weighted by Crippen LogP contribution is 2.31. The molecule has 1 saturated heterocycles. The molecule has 2 nitrogen and oxygen atoms in total. The Morgan fingerprint density at radius 3 is 2.45 bits per heavy atom. The third-order valence-corrected chi connectivity index (χ3v) is 5.07. The highest BCUT2D eigenvalue weighted by atomic mass is 32.2. The maximum Gasteiger partial charge on any atom is 0.240 e. The summed E-state index contributed by atoms with van der Waals surface area (Å²) in [7, 11) is 0. The van der Waals surface area contributed by atoms with Gasteiger partial charge in [-0.25, -0.2) is 4.39 Å². The number of carbonyl (C=O) groups excluding carboxylic acids is 1. The fourth-order valence-corrected chi connectivity index (χ4v) is 3.81. The first-order valence-corrected chi connectivity index (χ1v) is 8.41. The minimum absolute atomic E-state index is 0.0741. The lowest BCUT2D eigenvalue weighted by Gasteiger charge is -2.24. The van der Waals surface area contributed by atoms with Crippen molar-refractivity contribution in [1.82, 2.24) is 0 Å². The first-order valence-electron chi connectivity index (χ1n) is 7.53. The summed E-state index contributed by atoms with van der Waals surface area (Å²) in [6.45, 7) is 0.705. The molecule has 1 unspecified atom stereocenters. The molecule has 0 N–H and O–H groups in total. The molecular formula is C18H18FNOS. The van der Waals surface area contributed by atoms with Crippen molar-refractivity contribution in [3.05, 3.63) is 60.4 Å². The quantitative estimate of drug-likeness (QED) is 0.831. The summed E-state index contributed by atoms with van der Waals surface area (Å²) >= 11 is 1.62. The van der Waals surface area contributed by atoms with Crippen LogP contribution in [0.5, 0.6) is 0 Å². The van der Waals surface area contributed by atoms with Gasteiger partial charge in [0.25, 0.3) is 0 Å². The summed E-state index contributed by atoms with van der Waals surface area (Å²) in [4.78, 5) is 15.8. The zero-order chi connectivity index (χ0) is 15.4. The van der Waals surface area contributed by atoms with E-state index in [4.69, 9.17) is 0 Å². The maximum atomic E-state index is 13.1. The van der Waals surface area contributed by atoms with Crippen LogP contribution in [0.3, 0.4) is 0 Å². The Balaban J connectivity index is 1.80. The Kier molecular flexibility index (Phi) is 4.78. The summed E-state index contributed by atoms with van der Waals surface area (Å²) in [5.74, 6) is -0.154. The Morgan fingerprint density at radius 2 is 1.73 bits per heavy atom. The fourth-order valence-electron chi connectivity index (χ4n) is 2.66. The van der Waals surface area contributed by atoms with E-state index in [0.717, 1.165) is 29.8 Å². The van der Waals surface area contributed by atoms with Crippen molar-refractivity contribution in [1.29, 1.82) is 0 Å². The number of anilines is 1. The molecule has 4 heteroatoms. The second kappa shape index (κ2) is 6.97. The van der Waals surface area contributed by atoms with Crippen LogP contribution < -0.4 is 4.90 Å². The second-order valence-electron chi connectivity index (χ2n) is 5.38. The molecule has 1 heterocycles. The largest absolute Gasteiger partial charge is 0.311 e. The van der Waals surface area contributed by atoms with E-state index in [1.54, 1.807) is 28.8 Å². The summed E-state index contributed by atoms with van der Waals surface area (Å²) in [6.07, 6.45) is 2.90. The summed E-state index contributed by atoms with van der Waals surface area (Å²) in [5, 5.41) is -0.0741. The fraction of sp³-hybridized carbons (Fsp3) is 0.278. The Bertz CT molecular complexity index is 629. The number of rotatable bonds is 3. The first-order chi connectivity index (χ1) is 10.7. The van der Waals surface area contributed by atoms with Gasteiger partial charge < -0.3 is 4.90 Å². The lowest BCUT2D eigenvalue weighted by Crippen LogP contribution is -2.36. The number of thioether (sulfide) groups is 1. The molecule has 3 rings (SSSR count). The van der Waals surface area contributed by atoms with Gasteiger partial charge in [0.05, 0.1) is 5.25 Å². The zero-order valence-electron chi connectivity index (χ0n) is 12.2. The van der Waals surface area contributed by atoms with Gasteiger partial charge in [-0.15, -0.1) is 11.8 Å². The topological polar surface area (TPSA) is 20.3 Å². The number of benzene rings is 2. The predicted octanol–water partition coefficient (Wildman–Crippen LogP) is 4.50. The SMILES string of the molecule is O=C1C(Sc2ccccc2)CCCCN1c1ccc(F)cc1. The van der Waals surface area contributed by atoms with Crippen molar-refractivity contribution in [2.24, 2.45) is 0 Å². The van der Waals surface area contributed by atoms with E-state index in [2.05, 4.69) is 0 Å². The molecule has 1 aliphatic heterocycles. The van der Waals surface area contributed by atoms with Gasteiger partial charge in [-0.1, -0.05) is 24.6 Å². The predicted molar refractivity (Wildman–Crippen MR) is 88.7 cm³/mol. The number of hydrogen-bond acceptors (Lipinski definition) is 2. The summed E-state index contributed by atoms with van der Waals surface area (Å²) < 4.78 is 13.1. The molecular weight excluding hydrogens is 297 g/mol. The molecule has 2 aromatic rings. The van der Waals surface area contributed by atoms with Gasteiger partial charge in [-0.05, 0) is 49.2 Å². The third kappa shape index (κ3) is 3.50. The van der Waals surface area contributed by atoms with Crippen molar-refractivity contribution in [3.63, 3.8) is 0 Å². The van der Waals surface area contributed by atoms with E-state index in [1.807, 2.05) is 30.3 Å². The number of nitrogens with zero attached hydrogens (tertiary/aromatic N) is 1. The molecule has 0 bridgehead atoms. The average molecular weight is 315 g/mol. The van der Waals surface area contributed by atoms with Crippen molar-refractivity contribution in [3.8, 4) is 0 Å². The number of halogens is 1. The number of amides is 1. The molecule has 0 radical (unpaired) electrons. The van der Waals surface area contributed by atoms with E-state index in [9.17, 15) is 9.18 Å². The van der Waals surface area contributed by atoms with E-state index in [1.165, 1.54) is 12.1 Å². The number of hydrogen-bond donors (Lipinski definition) is 0. The molecule has 1 amide bonds. The number of carbonyl (C=O) groups is 1. The van der Waals surface area contributed by atoms with E-state index in [-0.39, 0.29) is 17.0 Å². The van der Waals surface area contributed by atoms with Crippen LogP contribution in [0.25, 0.3) is 0 Å². The second-order valence-corrected chi connectivity index (χ2v) is 6.66. The summed E-state index contributed by atoms with van der Waals surface area (Å²) in [5.41, 5.74) is 0.784. The van der Waals surface area contributed by atoms with E-state index >= 15 is 0 Å². The van der Waals surface area contributed by atoms with Gasteiger partial charge in [-0.3, -0.25) is 4.79 Å². The van der Waals surface area contributed by atoms with Gasteiger partial charge in [-0.2, -0.15) is 0 Å². The highest BCUT2D eigenvalue weighted by molar-refractivity contribution is 8.00. The Morgan fingerprint density at radius 1 is 1.00 bits per heavy atom. The first kappa shape index (κ1) is 15.1. The van der Waals surface area contributed by atoms with Crippen molar-refractivity contribution < 1.29 is 9.18 Å². The van der Waals surface area contributed by atoms with Crippen molar-refractivity contribution in [2.75, 3.05) is 11.4 Å². The van der Waals surface area contributed by atoms with Gasteiger partial charge in [0, 0.05) is 17.1 Å². The smallest absolute Gasteiger partial charge is 0.240 e. The standard InChI is InChI=1S/C18H18FNOS/c19-14-9-11-15(12-10-14)20-13-5-4-8-17(18(20)21)22-16-6-2-1-3-7-16/h1-3,6-7,9-12,17H,4-5,8,13H2. The highest BCUT2D eigenvalue weighted by Gasteiger charge is 2.28. The molecule has 2 aromatic carbocycles. The van der Waals surface area contributed by atoms with Crippen LogP contribution in [0.1, 0.15) is 19.3 Å². The van der Waals surface area contributed by atoms with Crippen LogP contribution in [0.4, 0.5) is 10.1 Å². The Hall–Kier alpha value is -1.81. The molecule has 22 heavy (non-hydrogen) atoms. The normalized spacial score (nSPS) is 19.0. The zero-order valence-corrected chi connectivity index (χ0v) is 13.1. The van der Waals surface area contributed by atoms with Crippen molar-refractivity contribution >= 4 is 23.4 Å². The van der Waals surface area contributed by atoms with Crippen LogP contribution in [0, 0.1) is 5.82 Å². The minimum Gasteiger partial charge on any atom is -0.311 e. The molecule has 0 aromatic heterocycles. The maximum absolute atomic E-state index is 13.1. The average Bonchev–Trinajstić information content (AvgIpc) is 2.72. The molecule has 0 spiro atoms. The third-order valence-electron chi connectivity index (χ3n) is 3.80. The van der Waals surface area contributed by atoms with Crippen molar-refractivity contribution in [2.45, 2.75) is 29.4 Å². The van der Waals surface area contributed by atoms with Crippen LogP contribution >= 0.6 is 11.8 Å². The lowest BCUT2D eigenvalue weighted by molar-refractivity contribution is -0.117. The van der Waals surface area contributed by atoms with Gasteiger partial charge in [0.2, 0.25) is 5.91 Å². The van der Waals surface area contributed by atoms with Crippen LogP contribution in [0.2, 0.25) is 0 Å². The molecule has 1 fully saturated rings. The lowest BCUT2D eigenvalue weighted by atomic mass is 10.2. The minimum atomic E-state index is -0.277. The van der Waals surface area contributed by atoms with Gasteiger partial charge >= 0.3 is 0 Å². The molecule has 0 saturated carbocycles. The van der Waals surface area contributed by atoms with Crippen LogP contribution in [0.15, 0.2) is 59.5 Å². The van der Waals surface area contributed by atoms with Gasteiger partial charge in [0.15, 0.2) is 0 Å². The van der Waals surface area contributed by atoms with Gasteiger partial charge in [0.1, 0.15) is 5.82 Å². The van der Waals surface area contributed by atoms with E-state index < -0.39 is 0 Å². The molecule has 1 atom stereocenters.